The van der Waals surface area contributed by atoms with E-state index in [4.69, 9.17) is 10.5 Å². The molecule has 0 aliphatic carbocycles. The van der Waals surface area contributed by atoms with Crippen LogP contribution in [0.2, 0.25) is 0 Å². The molecule has 1 unspecified atom stereocenters. The molecule has 0 aliphatic rings. The molecule has 2 heteroatoms. The van der Waals surface area contributed by atoms with Crippen LogP contribution in [-0.4, -0.2) is 12.6 Å². The SMILES string of the molecule is CCCOc1c(C)cc(C)cc1CC(N)CC. The summed E-state index contributed by atoms with van der Waals surface area (Å²) in [5, 5.41) is 0. The van der Waals surface area contributed by atoms with E-state index in [0.29, 0.717) is 0 Å². The summed E-state index contributed by atoms with van der Waals surface area (Å²) in [6.07, 6.45) is 2.94. The van der Waals surface area contributed by atoms with Crippen LogP contribution in [0.5, 0.6) is 5.75 Å². The highest BCUT2D eigenvalue weighted by Crippen LogP contribution is 2.27. The maximum Gasteiger partial charge on any atom is 0.125 e. The number of benzene rings is 1. The summed E-state index contributed by atoms with van der Waals surface area (Å²) >= 11 is 0. The molecule has 96 valence electrons. The lowest BCUT2D eigenvalue weighted by Gasteiger charge is -2.17. The van der Waals surface area contributed by atoms with Gasteiger partial charge in [-0.05, 0) is 44.2 Å². The van der Waals surface area contributed by atoms with Crippen molar-refractivity contribution in [3.8, 4) is 5.75 Å². The molecule has 1 atom stereocenters. The van der Waals surface area contributed by atoms with Crippen LogP contribution in [0.1, 0.15) is 43.4 Å². The molecule has 0 spiro atoms. The van der Waals surface area contributed by atoms with Gasteiger partial charge in [-0.15, -0.1) is 0 Å². The maximum atomic E-state index is 6.05. The van der Waals surface area contributed by atoms with Crippen molar-refractivity contribution >= 4 is 0 Å². The molecule has 0 saturated heterocycles. The summed E-state index contributed by atoms with van der Waals surface area (Å²) in [6, 6.07) is 4.60. The van der Waals surface area contributed by atoms with Crippen LogP contribution in [0.3, 0.4) is 0 Å². The number of ether oxygens (including phenoxy) is 1. The van der Waals surface area contributed by atoms with Crippen molar-refractivity contribution in [3.05, 3.63) is 28.8 Å². The second-order valence-corrected chi connectivity index (χ2v) is 4.79. The highest BCUT2D eigenvalue weighted by Gasteiger charge is 2.11. The smallest absolute Gasteiger partial charge is 0.125 e. The second-order valence-electron chi connectivity index (χ2n) is 4.79. The Labute approximate surface area is 105 Å². The first-order chi connectivity index (χ1) is 8.08. The Balaban J connectivity index is 2.97. The molecule has 2 nitrogen and oxygen atoms in total. The molecular weight excluding hydrogens is 210 g/mol. The fourth-order valence-electron chi connectivity index (χ4n) is 2.03. The van der Waals surface area contributed by atoms with Gasteiger partial charge >= 0.3 is 0 Å². The van der Waals surface area contributed by atoms with Crippen LogP contribution in [0.15, 0.2) is 12.1 Å². The molecule has 0 heterocycles. The van der Waals surface area contributed by atoms with E-state index in [1.807, 2.05) is 0 Å². The van der Waals surface area contributed by atoms with Gasteiger partial charge in [-0.25, -0.2) is 0 Å². The normalized spacial score (nSPS) is 12.5. The number of nitrogens with two attached hydrogens (primary N) is 1. The first-order valence-corrected chi connectivity index (χ1v) is 6.57. The average Bonchev–Trinajstić information content (AvgIpc) is 2.27. The van der Waals surface area contributed by atoms with Gasteiger partial charge in [0.25, 0.3) is 0 Å². The lowest BCUT2D eigenvalue weighted by molar-refractivity contribution is 0.311. The quantitative estimate of drug-likeness (QED) is 0.820. The maximum absolute atomic E-state index is 6.05. The Morgan fingerprint density at radius 3 is 2.53 bits per heavy atom. The van der Waals surface area contributed by atoms with Crippen LogP contribution in [-0.2, 0) is 6.42 Å². The topological polar surface area (TPSA) is 35.2 Å². The van der Waals surface area contributed by atoms with E-state index in [-0.39, 0.29) is 6.04 Å². The third-order valence-corrected chi connectivity index (χ3v) is 2.95. The monoisotopic (exact) mass is 235 g/mol. The van der Waals surface area contributed by atoms with Gasteiger partial charge < -0.3 is 10.5 Å². The molecule has 0 bridgehead atoms. The van der Waals surface area contributed by atoms with Gasteiger partial charge in [0.05, 0.1) is 6.61 Å². The summed E-state index contributed by atoms with van der Waals surface area (Å²) < 4.78 is 5.86. The van der Waals surface area contributed by atoms with E-state index in [1.165, 1.54) is 16.7 Å². The van der Waals surface area contributed by atoms with Crippen LogP contribution < -0.4 is 10.5 Å². The van der Waals surface area contributed by atoms with Crippen LogP contribution in [0, 0.1) is 13.8 Å². The fraction of sp³-hybridized carbons (Fsp3) is 0.600. The first kappa shape index (κ1) is 14.0. The minimum atomic E-state index is 0.222. The van der Waals surface area contributed by atoms with Gasteiger partial charge in [0, 0.05) is 6.04 Å². The van der Waals surface area contributed by atoms with E-state index < -0.39 is 0 Å². The molecule has 0 aromatic heterocycles. The minimum absolute atomic E-state index is 0.222. The molecule has 2 N–H and O–H groups in total. The number of aryl methyl sites for hydroxylation is 2. The van der Waals surface area contributed by atoms with Crippen molar-refractivity contribution in [1.82, 2.24) is 0 Å². The van der Waals surface area contributed by atoms with Gasteiger partial charge in [-0.1, -0.05) is 31.5 Å². The molecule has 1 aromatic carbocycles. The standard InChI is InChI=1S/C15H25NO/c1-5-7-17-15-12(4)8-11(3)9-13(15)10-14(16)6-2/h8-9,14H,5-7,10,16H2,1-4H3. The summed E-state index contributed by atoms with van der Waals surface area (Å²) in [6.45, 7) is 9.26. The zero-order valence-electron chi connectivity index (χ0n) is 11.5. The zero-order valence-corrected chi connectivity index (χ0v) is 11.5. The van der Waals surface area contributed by atoms with Crippen molar-refractivity contribution in [2.24, 2.45) is 5.73 Å². The molecule has 0 saturated carbocycles. The van der Waals surface area contributed by atoms with E-state index in [1.54, 1.807) is 0 Å². The Bertz CT molecular complexity index is 360. The minimum Gasteiger partial charge on any atom is -0.493 e. The third-order valence-electron chi connectivity index (χ3n) is 2.95. The Morgan fingerprint density at radius 2 is 1.94 bits per heavy atom. The van der Waals surface area contributed by atoms with E-state index in [0.717, 1.165) is 31.6 Å². The van der Waals surface area contributed by atoms with Crippen molar-refractivity contribution in [1.29, 1.82) is 0 Å². The summed E-state index contributed by atoms with van der Waals surface area (Å²) in [4.78, 5) is 0. The first-order valence-electron chi connectivity index (χ1n) is 6.57. The predicted molar refractivity (Wildman–Crippen MR) is 73.7 cm³/mol. The molecule has 0 aliphatic heterocycles. The highest BCUT2D eigenvalue weighted by atomic mass is 16.5. The highest BCUT2D eigenvalue weighted by molar-refractivity contribution is 5.44. The fourth-order valence-corrected chi connectivity index (χ4v) is 2.03. The van der Waals surface area contributed by atoms with Crippen molar-refractivity contribution in [3.63, 3.8) is 0 Å². The van der Waals surface area contributed by atoms with Crippen LogP contribution in [0.25, 0.3) is 0 Å². The molecule has 1 rings (SSSR count). The third kappa shape index (κ3) is 4.04. The van der Waals surface area contributed by atoms with Gasteiger partial charge in [0.2, 0.25) is 0 Å². The molecule has 0 radical (unpaired) electrons. The van der Waals surface area contributed by atoms with Gasteiger partial charge in [0.15, 0.2) is 0 Å². The summed E-state index contributed by atoms with van der Waals surface area (Å²) in [7, 11) is 0. The van der Waals surface area contributed by atoms with Crippen molar-refractivity contribution < 1.29 is 4.74 Å². The largest absolute Gasteiger partial charge is 0.493 e. The average molecular weight is 235 g/mol. The predicted octanol–water partition coefficient (Wildman–Crippen LogP) is 3.37. The zero-order chi connectivity index (χ0) is 12.8. The Hall–Kier alpha value is -1.02. The summed E-state index contributed by atoms with van der Waals surface area (Å²) in [5.74, 6) is 1.04. The Kier molecular flexibility index (Phi) is 5.49. The molecule has 1 aromatic rings. The Morgan fingerprint density at radius 1 is 1.24 bits per heavy atom. The second kappa shape index (κ2) is 6.65. The lowest BCUT2D eigenvalue weighted by atomic mass is 9.99. The number of hydrogen-bond donors (Lipinski definition) is 1. The van der Waals surface area contributed by atoms with Gasteiger partial charge in [-0.3, -0.25) is 0 Å². The number of hydrogen-bond acceptors (Lipinski definition) is 2. The molecule has 0 amide bonds. The van der Waals surface area contributed by atoms with Crippen molar-refractivity contribution in [2.45, 2.75) is 53.0 Å². The number of rotatable bonds is 6. The molecule has 17 heavy (non-hydrogen) atoms. The van der Waals surface area contributed by atoms with E-state index in [2.05, 4.69) is 39.8 Å². The van der Waals surface area contributed by atoms with E-state index in [9.17, 15) is 0 Å². The molecular formula is C15H25NO. The van der Waals surface area contributed by atoms with E-state index >= 15 is 0 Å². The summed E-state index contributed by atoms with van der Waals surface area (Å²) in [5.41, 5.74) is 9.80. The lowest BCUT2D eigenvalue weighted by Crippen LogP contribution is -2.22. The molecule has 0 fully saturated rings. The van der Waals surface area contributed by atoms with Crippen molar-refractivity contribution in [2.75, 3.05) is 6.61 Å². The van der Waals surface area contributed by atoms with Gasteiger partial charge in [0.1, 0.15) is 5.75 Å². The van der Waals surface area contributed by atoms with Crippen LogP contribution >= 0.6 is 0 Å². The van der Waals surface area contributed by atoms with Crippen LogP contribution in [0.4, 0.5) is 0 Å². The van der Waals surface area contributed by atoms with Gasteiger partial charge in [-0.2, -0.15) is 0 Å².